The molecule has 1 atom stereocenters. The van der Waals surface area contributed by atoms with E-state index in [0.29, 0.717) is 13.0 Å². The average Bonchev–Trinajstić information content (AvgIpc) is 3.09. The minimum absolute atomic E-state index is 0.0183. The summed E-state index contributed by atoms with van der Waals surface area (Å²) >= 11 is 1.64. The molecule has 2 heterocycles. The lowest BCUT2D eigenvalue weighted by atomic mass is 9.95. The van der Waals surface area contributed by atoms with Crippen molar-refractivity contribution >= 4 is 17.4 Å². The Labute approximate surface area is 141 Å². The maximum atomic E-state index is 11.6. The molecule has 1 aliphatic heterocycles. The number of likely N-dealkylation sites (tertiary alicyclic amines) is 1. The van der Waals surface area contributed by atoms with E-state index in [-0.39, 0.29) is 5.54 Å². The van der Waals surface area contributed by atoms with E-state index in [2.05, 4.69) is 31.7 Å². The molecule has 1 fully saturated rings. The highest BCUT2D eigenvalue weighted by Gasteiger charge is 2.49. The number of nitrogens with two attached hydrogens (primary N) is 1. The largest absolute Gasteiger partial charge is 0.436 e. The molecule has 0 spiro atoms. The fourth-order valence-electron chi connectivity index (χ4n) is 3.71. The number of primary amides is 1. The molecule has 1 aliphatic carbocycles. The van der Waals surface area contributed by atoms with Crippen LogP contribution in [0.15, 0.2) is 0 Å². The van der Waals surface area contributed by atoms with E-state index in [1.165, 1.54) is 4.88 Å². The van der Waals surface area contributed by atoms with Crippen LogP contribution in [0.2, 0.25) is 0 Å². The fourth-order valence-corrected chi connectivity index (χ4v) is 5.19. The predicted octanol–water partition coefficient (Wildman–Crippen LogP) is 2.90. The second kappa shape index (κ2) is 5.50. The molecule has 1 aromatic rings. The first-order valence-electron chi connectivity index (χ1n) is 8.05. The van der Waals surface area contributed by atoms with Crippen molar-refractivity contribution in [3.63, 3.8) is 0 Å². The number of hydrogen-bond acceptors (Lipinski definition) is 5. The lowest BCUT2D eigenvalue weighted by molar-refractivity contribution is 0.0140. The molecule has 1 amide bonds. The highest BCUT2D eigenvalue weighted by atomic mass is 32.1. The number of amides is 1. The van der Waals surface area contributed by atoms with E-state index in [0.717, 1.165) is 41.8 Å². The predicted molar refractivity (Wildman–Crippen MR) is 89.3 cm³/mol. The van der Waals surface area contributed by atoms with Crippen molar-refractivity contribution in [2.45, 2.75) is 57.6 Å². The number of thiophene rings is 1. The Bertz CT molecular complexity index is 683. The number of carbonyl (C=O) groups is 1. The summed E-state index contributed by atoms with van der Waals surface area (Å²) in [5, 5.41) is 9.68. The summed E-state index contributed by atoms with van der Waals surface area (Å²) in [5.74, 6) is 0. The molecule has 2 N–H and O–H groups in total. The molecule has 23 heavy (non-hydrogen) atoms. The van der Waals surface area contributed by atoms with Crippen LogP contribution in [0.1, 0.15) is 54.5 Å². The SMILES string of the molecule is CC(C)(C)N1CC[C@@](OC(N)=O)(c2sc3c(c2C#N)CCC3)C1. The number of fused-ring (bicyclic) bond motifs is 1. The molecule has 0 aromatic carbocycles. The topological polar surface area (TPSA) is 79.3 Å². The Morgan fingerprint density at radius 3 is 2.74 bits per heavy atom. The standard InChI is InChI=1S/C17H23N3O2S/c1-16(2,3)20-8-7-17(10-20,22-15(19)21)14-12(9-18)11-5-4-6-13(11)23-14/h4-8,10H2,1-3H3,(H2,19,21)/t17-/m0/s1. The molecule has 0 radical (unpaired) electrons. The molecule has 1 saturated heterocycles. The quantitative estimate of drug-likeness (QED) is 0.902. The molecule has 5 nitrogen and oxygen atoms in total. The van der Waals surface area contributed by atoms with Crippen LogP contribution in [0.3, 0.4) is 0 Å². The average molecular weight is 333 g/mol. The van der Waals surface area contributed by atoms with Crippen LogP contribution in [0.4, 0.5) is 4.79 Å². The summed E-state index contributed by atoms with van der Waals surface area (Å²) in [5.41, 5.74) is 6.46. The van der Waals surface area contributed by atoms with Gasteiger partial charge in [-0.15, -0.1) is 11.3 Å². The third-order valence-corrected chi connectivity index (χ3v) is 6.40. The number of nitrogens with zero attached hydrogens (tertiary/aromatic N) is 2. The second-order valence-corrected chi connectivity index (χ2v) is 8.54. The van der Waals surface area contributed by atoms with E-state index in [1.807, 2.05) is 0 Å². The number of ether oxygens (including phenoxy) is 1. The number of hydrogen-bond donors (Lipinski definition) is 1. The van der Waals surface area contributed by atoms with Gasteiger partial charge in [-0.25, -0.2) is 4.79 Å². The summed E-state index contributed by atoms with van der Waals surface area (Å²) < 4.78 is 5.65. The first kappa shape index (κ1) is 16.3. The molecular formula is C17H23N3O2S. The van der Waals surface area contributed by atoms with Crippen molar-refractivity contribution in [3.05, 3.63) is 20.9 Å². The van der Waals surface area contributed by atoms with Gasteiger partial charge in [0.05, 0.1) is 10.4 Å². The smallest absolute Gasteiger partial charge is 0.405 e. The molecule has 2 aliphatic rings. The zero-order valence-corrected chi connectivity index (χ0v) is 14.8. The third kappa shape index (κ3) is 2.73. The highest BCUT2D eigenvalue weighted by molar-refractivity contribution is 7.12. The van der Waals surface area contributed by atoms with E-state index in [1.54, 1.807) is 11.3 Å². The van der Waals surface area contributed by atoms with Gasteiger partial charge in [-0.3, -0.25) is 4.90 Å². The lowest BCUT2D eigenvalue weighted by Gasteiger charge is -2.34. The maximum Gasteiger partial charge on any atom is 0.405 e. The number of carbonyl (C=O) groups excluding carboxylic acids is 1. The lowest BCUT2D eigenvalue weighted by Crippen LogP contribution is -2.44. The second-order valence-electron chi connectivity index (χ2n) is 7.43. The normalized spacial score (nSPS) is 24.4. The van der Waals surface area contributed by atoms with E-state index in [4.69, 9.17) is 10.5 Å². The summed E-state index contributed by atoms with van der Waals surface area (Å²) in [6.45, 7) is 7.85. The molecule has 3 rings (SSSR count). The molecule has 6 heteroatoms. The summed E-state index contributed by atoms with van der Waals surface area (Å²) in [7, 11) is 0. The van der Waals surface area contributed by atoms with E-state index < -0.39 is 11.7 Å². The Hall–Kier alpha value is -1.58. The summed E-state index contributed by atoms with van der Waals surface area (Å²) in [4.78, 5) is 16.0. The van der Waals surface area contributed by atoms with Crippen LogP contribution in [-0.4, -0.2) is 29.6 Å². The minimum Gasteiger partial charge on any atom is -0.436 e. The first-order chi connectivity index (χ1) is 10.8. The van der Waals surface area contributed by atoms with Gasteiger partial charge < -0.3 is 10.5 Å². The van der Waals surface area contributed by atoms with Crippen LogP contribution < -0.4 is 5.73 Å². The molecular weight excluding hydrogens is 310 g/mol. The van der Waals surface area contributed by atoms with Crippen LogP contribution in [0, 0.1) is 11.3 Å². The van der Waals surface area contributed by atoms with Crippen LogP contribution in [-0.2, 0) is 23.2 Å². The van der Waals surface area contributed by atoms with Crippen LogP contribution in [0.5, 0.6) is 0 Å². The van der Waals surface area contributed by atoms with Gasteiger partial charge in [0.2, 0.25) is 0 Å². The van der Waals surface area contributed by atoms with Crippen molar-refractivity contribution in [3.8, 4) is 6.07 Å². The molecule has 0 saturated carbocycles. The molecule has 124 valence electrons. The van der Waals surface area contributed by atoms with Gasteiger partial charge in [-0.1, -0.05) is 0 Å². The van der Waals surface area contributed by atoms with Crippen molar-refractivity contribution in [1.29, 1.82) is 5.26 Å². The molecule has 0 unspecified atom stereocenters. The first-order valence-corrected chi connectivity index (χ1v) is 8.87. The highest BCUT2D eigenvalue weighted by Crippen LogP contribution is 2.47. The van der Waals surface area contributed by atoms with Gasteiger partial charge in [-0.05, 0) is 45.6 Å². The van der Waals surface area contributed by atoms with Gasteiger partial charge >= 0.3 is 6.09 Å². The summed E-state index contributed by atoms with van der Waals surface area (Å²) in [6.07, 6.45) is 2.99. The van der Waals surface area contributed by atoms with Gasteiger partial charge in [0.1, 0.15) is 6.07 Å². The minimum atomic E-state index is -0.779. The Morgan fingerprint density at radius 2 is 2.17 bits per heavy atom. The van der Waals surface area contributed by atoms with Crippen molar-refractivity contribution in [2.24, 2.45) is 5.73 Å². The monoisotopic (exact) mass is 333 g/mol. The molecule has 0 bridgehead atoms. The van der Waals surface area contributed by atoms with Gasteiger partial charge in [0, 0.05) is 29.9 Å². The third-order valence-electron chi connectivity index (χ3n) is 4.92. The van der Waals surface area contributed by atoms with Crippen LogP contribution in [0.25, 0.3) is 0 Å². The Kier molecular flexibility index (Phi) is 3.89. The van der Waals surface area contributed by atoms with Crippen molar-refractivity contribution in [2.75, 3.05) is 13.1 Å². The molecule has 1 aromatic heterocycles. The van der Waals surface area contributed by atoms with E-state index in [9.17, 15) is 10.1 Å². The van der Waals surface area contributed by atoms with Crippen LogP contribution >= 0.6 is 11.3 Å². The van der Waals surface area contributed by atoms with Crippen molar-refractivity contribution in [1.82, 2.24) is 4.90 Å². The van der Waals surface area contributed by atoms with Crippen molar-refractivity contribution < 1.29 is 9.53 Å². The maximum absolute atomic E-state index is 11.6. The fraction of sp³-hybridized carbons (Fsp3) is 0.647. The van der Waals surface area contributed by atoms with Gasteiger partial charge in [-0.2, -0.15) is 5.26 Å². The Balaban J connectivity index is 2.05. The van der Waals surface area contributed by atoms with Gasteiger partial charge in [0.25, 0.3) is 0 Å². The zero-order chi connectivity index (χ0) is 16.8. The number of aryl methyl sites for hydroxylation is 1. The summed E-state index contributed by atoms with van der Waals surface area (Å²) in [6, 6.07) is 2.36. The number of rotatable bonds is 2. The van der Waals surface area contributed by atoms with E-state index >= 15 is 0 Å². The van der Waals surface area contributed by atoms with Gasteiger partial charge in [0.15, 0.2) is 5.60 Å². The Morgan fingerprint density at radius 1 is 1.43 bits per heavy atom. The zero-order valence-electron chi connectivity index (χ0n) is 13.9. The number of nitriles is 1.